The Kier molecular flexibility index (Phi) is 7.89. The van der Waals surface area contributed by atoms with Gasteiger partial charge in [0.25, 0.3) is 0 Å². The molecule has 1 N–H and O–H groups in total. The Hall–Kier alpha value is -1.80. The number of amides is 1. The molecule has 0 aliphatic carbocycles. The minimum Gasteiger partial charge on any atom is -0.468 e. The highest BCUT2D eigenvalue weighted by Crippen LogP contribution is 2.13. The normalized spacial score (nSPS) is 13.0. The van der Waals surface area contributed by atoms with Crippen LogP contribution in [0.25, 0.3) is 0 Å². The Morgan fingerprint density at radius 1 is 1.19 bits per heavy atom. The van der Waals surface area contributed by atoms with Crippen LogP contribution >= 0.6 is 11.6 Å². The molecule has 0 saturated heterocycles. The maximum atomic E-state index is 12.2. The predicted octanol–water partition coefficient (Wildman–Crippen LogP) is 2.36. The van der Waals surface area contributed by atoms with Gasteiger partial charge in [0.1, 0.15) is 11.4 Å². The monoisotopic (exact) mass is 405 g/mol. The maximum absolute atomic E-state index is 12.2. The van der Waals surface area contributed by atoms with Crippen LogP contribution in [-0.4, -0.2) is 50.7 Å². The van der Waals surface area contributed by atoms with Crippen LogP contribution in [0, 0.1) is 0 Å². The molecule has 1 rings (SSSR count). The highest BCUT2D eigenvalue weighted by molar-refractivity contribution is 7.92. The van der Waals surface area contributed by atoms with E-state index in [2.05, 4.69) is 10.1 Å². The van der Waals surface area contributed by atoms with Gasteiger partial charge in [0.15, 0.2) is 9.84 Å². The van der Waals surface area contributed by atoms with E-state index in [1.807, 2.05) is 0 Å². The summed E-state index contributed by atoms with van der Waals surface area (Å²) in [5.41, 5.74) is 0.0588. The number of nitrogens with one attached hydrogen (secondary N) is 1. The SMILES string of the molecule is COC(=O)CS(=O)(=O)C[C@H](Cc1ccc(Cl)cc1)NC(=O)OC(C)(C)C. The minimum atomic E-state index is -3.78. The van der Waals surface area contributed by atoms with Crippen LogP contribution in [0.3, 0.4) is 0 Å². The van der Waals surface area contributed by atoms with Crippen molar-refractivity contribution >= 4 is 33.5 Å². The predicted molar refractivity (Wildman–Crippen MR) is 99.0 cm³/mol. The van der Waals surface area contributed by atoms with Gasteiger partial charge in [-0.25, -0.2) is 13.2 Å². The fraction of sp³-hybridized carbons (Fsp3) is 0.529. The van der Waals surface area contributed by atoms with Crippen molar-refractivity contribution in [3.8, 4) is 0 Å². The van der Waals surface area contributed by atoms with Crippen LogP contribution in [0.15, 0.2) is 24.3 Å². The maximum Gasteiger partial charge on any atom is 0.407 e. The third kappa shape index (κ3) is 9.05. The van der Waals surface area contributed by atoms with Crippen LogP contribution in [0.2, 0.25) is 5.02 Å². The Morgan fingerprint density at radius 2 is 1.77 bits per heavy atom. The van der Waals surface area contributed by atoms with E-state index in [0.717, 1.165) is 12.7 Å². The summed E-state index contributed by atoms with van der Waals surface area (Å²) in [5, 5.41) is 3.10. The average Bonchev–Trinajstić information content (AvgIpc) is 2.46. The van der Waals surface area contributed by atoms with Crippen molar-refractivity contribution < 1.29 is 27.5 Å². The van der Waals surface area contributed by atoms with E-state index >= 15 is 0 Å². The van der Waals surface area contributed by atoms with E-state index in [4.69, 9.17) is 16.3 Å². The number of halogens is 1. The van der Waals surface area contributed by atoms with Gasteiger partial charge in [-0.05, 0) is 44.9 Å². The van der Waals surface area contributed by atoms with Gasteiger partial charge in [0.05, 0.1) is 18.9 Å². The lowest BCUT2D eigenvalue weighted by atomic mass is 10.1. The number of rotatable bonds is 7. The van der Waals surface area contributed by atoms with Crippen molar-refractivity contribution in [2.45, 2.75) is 38.8 Å². The molecular weight excluding hydrogens is 382 g/mol. The van der Waals surface area contributed by atoms with Crippen LogP contribution in [-0.2, 0) is 30.5 Å². The number of sulfone groups is 1. The summed E-state index contributed by atoms with van der Waals surface area (Å²) in [6.07, 6.45) is -0.499. The molecule has 1 aromatic carbocycles. The molecule has 0 aliphatic rings. The molecule has 0 heterocycles. The summed E-state index contributed by atoms with van der Waals surface area (Å²) in [5.74, 6) is -2.03. The molecule has 0 bridgehead atoms. The summed E-state index contributed by atoms with van der Waals surface area (Å²) in [6, 6.07) is 6.04. The average molecular weight is 406 g/mol. The molecular formula is C17H24ClNO6S. The lowest BCUT2D eigenvalue weighted by molar-refractivity contribution is -0.137. The first kappa shape index (κ1) is 22.2. The minimum absolute atomic E-state index is 0.233. The first-order valence-corrected chi connectivity index (χ1v) is 10.1. The molecule has 0 saturated carbocycles. The zero-order valence-corrected chi connectivity index (χ0v) is 16.8. The van der Waals surface area contributed by atoms with Crippen LogP contribution in [0.5, 0.6) is 0 Å². The fourth-order valence-electron chi connectivity index (χ4n) is 2.13. The molecule has 0 radical (unpaired) electrons. The lowest BCUT2D eigenvalue weighted by Crippen LogP contribution is -2.44. The second-order valence-electron chi connectivity index (χ2n) is 6.80. The number of ether oxygens (including phenoxy) is 2. The molecule has 1 aromatic rings. The Morgan fingerprint density at radius 3 is 2.27 bits per heavy atom. The second kappa shape index (κ2) is 9.23. The molecule has 7 nitrogen and oxygen atoms in total. The van der Waals surface area contributed by atoms with Crippen molar-refractivity contribution in [2.24, 2.45) is 0 Å². The van der Waals surface area contributed by atoms with Crippen LogP contribution < -0.4 is 5.32 Å². The van der Waals surface area contributed by atoms with Gasteiger partial charge >= 0.3 is 12.1 Å². The third-order valence-corrected chi connectivity index (χ3v) is 4.97. The largest absolute Gasteiger partial charge is 0.468 e. The van der Waals surface area contributed by atoms with Crippen LogP contribution in [0.1, 0.15) is 26.3 Å². The summed E-state index contributed by atoms with van der Waals surface area (Å²) < 4.78 is 34.0. The third-order valence-electron chi connectivity index (χ3n) is 3.14. The van der Waals surface area contributed by atoms with E-state index in [9.17, 15) is 18.0 Å². The molecule has 0 spiro atoms. The van der Waals surface area contributed by atoms with E-state index in [1.165, 1.54) is 0 Å². The number of hydrogen-bond acceptors (Lipinski definition) is 6. The first-order valence-electron chi connectivity index (χ1n) is 7.91. The number of alkyl carbamates (subject to hydrolysis) is 1. The summed E-state index contributed by atoms with van der Waals surface area (Å²) in [7, 11) is -2.67. The van der Waals surface area contributed by atoms with Gasteiger partial charge in [-0.1, -0.05) is 23.7 Å². The molecule has 0 fully saturated rings. The highest BCUT2D eigenvalue weighted by Gasteiger charge is 2.26. The van der Waals surface area contributed by atoms with Gasteiger partial charge in [-0.15, -0.1) is 0 Å². The number of carbonyl (C=O) groups is 2. The Labute approximate surface area is 158 Å². The number of benzene rings is 1. The topological polar surface area (TPSA) is 98.8 Å². The van der Waals surface area contributed by atoms with Gasteiger partial charge in [0, 0.05) is 5.02 Å². The molecule has 26 heavy (non-hydrogen) atoms. The number of methoxy groups -OCH3 is 1. The molecule has 0 aromatic heterocycles. The quantitative estimate of drug-likeness (QED) is 0.699. The second-order valence-corrected chi connectivity index (χ2v) is 9.35. The number of carbonyl (C=O) groups excluding carboxylic acids is 2. The molecule has 1 amide bonds. The molecule has 0 aliphatic heterocycles. The van der Waals surface area contributed by atoms with Crippen molar-refractivity contribution in [2.75, 3.05) is 18.6 Å². The van der Waals surface area contributed by atoms with Crippen LogP contribution in [0.4, 0.5) is 4.79 Å². The van der Waals surface area contributed by atoms with E-state index in [1.54, 1.807) is 45.0 Å². The zero-order valence-electron chi connectivity index (χ0n) is 15.2. The number of esters is 1. The Bertz CT molecular complexity index is 725. The van der Waals surface area contributed by atoms with Crippen molar-refractivity contribution in [3.63, 3.8) is 0 Å². The summed E-state index contributed by atoms with van der Waals surface area (Å²) in [6.45, 7) is 5.11. The Balaban J connectivity index is 2.91. The fourth-order valence-corrected chi connectivity index (χ4v) is 3.67. The molecule has 9 heteroatoms. The van der Waals surface area contributed by atoms with E-state index in [-0.39, 0.29) is 6.42 Å². The van der Waals surface area contributed by atoms with E-state index < -0.39 is 45.0 Å². The molecule has 0 unspecified atom stereocenters. The zero-order chi connectivity index (χ0) is 20.0. The van der Waals surface area contributed by atoms with Crippen molar-refractivity contribution in [3.05, 3.63) is 34.9 Å². The van der Waals surface area contributed by atoms with Crippen molar-refractivity contribution in [1.82, 2.24) is 5.32 Å². The molecule has 146 valence electrons. The number of hydrogen-bond donors (Lipinski definition) is 1. The van der Waals surface area contributed by atoms with Gasteiger partial charge in [-0.2, -0.15) is 0 Å². The highest BCUT2D eigenvalue weighted by atomic mass is 35.5. The lowest BCUT2D eigenvalue weighted by Gasteiger charge is -2.23. The first-order chi connectivity index (χ1) is 11.9. The smallest absolute Gasteiger partial charge is 0.407 e. The summed E-state index contributed by atoms with van der Waals surface area (Å²) >= 11 is 5.85. The van der Waals surface area contributed by atoms with Gasteiger partial charge < -0.3 is 14.8 Å². The van der Waals surface area contributed by atoms with Gasteiger partial charge in [0.2, 0.25) is 0 Å². The summed E-state index contributed by atoms with van der Waals surface area (Å²) in [4.78, 5) is 23.3. The van der Waals surface area contributed by atoms with E-state index in [0.29, 0.717) is 5.02 Å². The molecule has 1 atom stereocenters. The van der Waals surface area contributed by atoms with Crippen molar-refractivity contribution in [1.29, 1.82) is 0 Å². The van der Waals surface area contributed by atoms with Gasteiger partial charge in [-0.3, -0.25) is 4.79 Å². The standard InChI is InChI=1S/C17H24ClNO6S/c1-17(2,3)25-16(21)19-14(9-12-5-7-13(18)8-6-12)10-26(22,23)11-15(20)24-4/h5-8,14H,9-11H2,1-4H3,(H,19,21)/t14-/m0/s1.